The van der Waals surface area contributed by atoms with Crippen molar-refractivity contribution in [2.45, 2.75) is 13.3 Å². The Kier molecular flexibility index (Phi) is 4.84. The van der Waals surface area contributed by atoms with Crippen LogP contribution in [0.15, 0.2) is 29.0 Å². The summed E-state index contributed by atoms with van der Waals surface area (Å²) >= 11 is 3.23. The number of hydrogen-bond acceptors (Lipinski definition) is 4. The molecule has 0 aromatic carbocycles. The number of hydrogen-bond donors (Lipinski definition) is 1. The number of rotatable bonds is 5. The van der Waals surface area contributed by atoms with Gasteiger partial charge >= 0.3 is 0 Å². The molecule has 0 amide bonds. The third-order valence-electron chi connectivity index (χ3n) is 2.33. The molecule has 2 rings (SSSR count). The SMILES string of the molecule is CCCNc1nc(Oc2cncc(Br)c2)c(F)cc1F. The Morgan fingerprint density at radius 2 is 2.05 bits per heavy atom. The van der Waals surface area contributed by atoms with Gasteiger partial charge in [-0.15, -0.1) is 0 Å². The smallest absolute Gasteiger partial charge is 0.258 e. The molecule has 2 aromatic rings. The molecule has 0 aliphatic rings. The predicted molar refractivity (Wildman–Crippen MR) is 74.9 cm³/mol. The fourth-order valence-corrected chi connectivity index (χ4v) is 1.79. The van der Waals surface area contributed by atoms with Crippen LogP contribution in [0.1, 0.15) is 13.3 Å². The highest BCUT2D eigenvalue weighted by molar-refractivity contribution is 9.10. The van der Waals surface area contributed by atoms with E-state index in [-0.39, 0.29) is 11.7 Å². The number of nitrogens with one attached hydrogen (secondary N) is 1. The molecule has 2 heterocycles. The van der Waals surface area contributed by atoms with Crippen molar-refractivity contribution in [1.82, 2.24) is 9.97 Å². The molecule has 0 radical (unpaired) electrons. The van der Waals surface area contributed by atoms with Gasteiger partial charge in [-0.05, 0) is 28.4 Å². The van der Waals surface area contributed by atoms with Crippen LogP contribution in [0.25, 0.3) is 0 Å². The summed E-state index contributed by atoms with van der Waals surface area (Å²) in [6.45, 7) is 2.46. The Morgan fingerprint density at radius 1 is 1.25 bits per heavy atom. The maximum atomic E-state index is 13.7. The van der Waals surface area contributed by atoms with Gasteiger partial charge in [0.05, 0.1) is 6.20 Å². The normalized spacial score (nSPS) is 10.4. The second-order valence-electron chi connectivity index (χ2n) is 3.97. The van der Waals surface area contributed by atoms with E-state index in [1.807, 2.05) is 6.92 Å². The van der Waals surface area contributed by atoms with Crippen molar-refractivity contribution in [3.8, 4) is 11.6 Å². The van der Waals surface area contributed by atoms with Gasteiger partial charge in [-0.1, -0.05) is 6.92 Å². The van der Waals surface area contributed by atoms with Crippen molar-refractivity contribution in [3.63, 3.8) is 0 Å². The number of pyridine rings is 2. The molecule has 0 spiro atoms. The third kappa shape index (κ3) is 3.63. The molecule has 4 nitrogen and oxygen atoms in total. The summed E-state index contributed by atoms with van der Waals surface area (Å²) < 4.78 is 33.1. The standard InChI is InChI=1S/C13H12BrF2N3O/c1-2-3-18-12-10(15)5-11(16)13(19-12)20-9-4-8(14)6-17-7-9/h4-7H,2-3H2,1H3,(H,18,19). The minimum absolute atomic E-state index is 0.0359. The topological polar surface area (TPSA) is 47.0 Å². The number of ether oxygens (including phenoxy) is 1. The molecule has 0 atom stereocenters. The van der Waals surface area contributed by atoms with E-state index in [2.05, 4.69) is 31.2 Å². The first-order valence-corrected chi connectivity index (χ1v) is 6.77. The van der Waals surface area contributed by atoms with Crippen LogP contribution in [0.2, 0.25) is 0 Å². The van der Waals surface area contributed by atoms with Crippen LogP contribution >= 0.6 is 15.9 Å². The third-order valence-corrected chi connectivity index (χ3v) is 2.77. The molecule has 0 aliphatic heterocycles. The van der Waals surface area contributed by atoms with Gasteiger partial charge in [-0.2, -0.15) is 4.98 Å². The molecule has 7 heteroatoms. The fraction of sp³-hybridized carbons (Fsp3) is 0.231. The van der Waals surface area contributed by atoms with E-state index < -0.39 is 11.6 Å². The van der Waals surface area contributed by atoms with Crippen molar-refractivity contribution in [1.29, 1.82) is 0 Å². The van der Waals surface area contributed by atoms with E-state index in [1.54, 1.807) is 12.3 Å². The molecule has 20 heavy (non-hydrogen) atoms. The number of nitrogens with zero attached hydrogens (tertiary/aromatic N) is 2. The lowest BCUT2D eigenvalue weighted by Crippen LogP contribution is -2.06. The van der Waals surface area contributed by atoms with Gasteiger partial charge in [0.2, 0.25) is 0 Å². The second-order valence-corrected chi connectivity index (χ2v) is 4.89. The van der Waals surface area contributed by atoms with Gasteiger partial charge in [0.15, 0.2) is 17.5 Å². The fourth-order valence-electron chi connectivity index (χ4n) is 1.45. The van der Waals surface area contributed by atoms with Gasteiger partial charge in [-0.3, -0.25) is 4.98 Å². The Hall–Kier alpha value is -1.76. The lowest BCUT2D eigenvalue weighted by Gasteiger charge is -2.10. The van der Waals surface area contributed by atoms with Crippen molar-refractivity contribution in [2.24, 2.45) is 0 Å². The van der Waals surface area contributed by atoms with Crippen LogP contribution in [0, 0.1) is 11.6 Å². The van der Waals surface area contributed by atoms with Crippen LogP contribution in [-0.2, 0) is 0 Å². The van der Waals surface area contributed by atoms with Crippen molar-refractivity contribution < 1.29 is 13.5 Å². The Morgan fingerprint density at radius 3 is 2.75 bits per heavy atom. The predicted octanol–water partition coefficient (Wildman–Crippen LogP) is 4.13. The van der Waals surface area contributed by atoms with Crippen LogP contribution in [0.3, 0.4) is 0 Å². The van der Waals surface area contributed by atoms with Crippen molar-refractivity contribution >= 4 is 21.7 Å². The number of halogens is 3. The molecular weight excluding hydrogens is 332 g/mol. The Labute approximate surface area is 123 Å². The van der Waals surface area contributed by atoms with E-state index in [4.69, 9.17) is 4.74 Å². The quantitative estimate of drug-likeness (QED) is 0.886. The molecule has 0 saturated carbocycles. The van der Waals surface area contributed by atoms with E-state index >= 15 is 0 Å². The van der Waals surface area contributed by atoms with E-state index in [9.17, 15) is 8.78 Å². The first kappa shape index (κ1) is 14.6. The highest BCUT2D eigenvalue weighted by atomic mass is 79.9. The van der Waals surface area contributed by atoms with E-state index in [0.29, 0.717) is 16.8 Å². The molecule has 0 bridgehead atoms. The second kappa shape index (κ2) is 6.60. The summed E-state index contributed by atoms with van der Waals surface area (Å²) in [5.74, 6) is -1.66. The Balaban J connectivity index is 2.26. The van der Waals surface area contributed by atoms with E-state index in [0.717, 1.165) is 12.5 Å². The summed E-state index contributed by atoms with van der Waals surface area (Å²) in [6, 6.07) is 2.35. The van der Waals surface area contributed by atoms with Crippen LogP contribution < -0.4 is 10.1 Å². The molecular formula is C13H12BrF2N3O. The molecule has 106 valence electrons. The molecule has 0 fully saturated rings. The van der Waals surface area contributed by atoms with Crippen molar-refractivity contribution in [3.05, 3.63) is 40.6 Å². The number of anilines is 1. The summed E-state index contributed by atoms with van der Waals surface area (Å²) in [5, 5.41) is 2.77. The lowest BCUT2D eigenvalue weighted by molar-refractivity contribution is 0.416. The zero-order valence-electron chi connectivity index (χ0n) is 10.7. The average molecular weight is 344 g/mol. The molecule has 2 aromatic heterocycles. The van der Waals surface area contributed by atoms with Gasteiger partial charge in [0.1, 0.15) is 5.75 Å². The van der Waals surface area contributed by atoms with Gasteiger partial charge in [0.25, 0.3) is 5.88 Å². The minimum Gasteiger partial charge on any atom is -0.435 e. The summed E-state index contributed by atoms with van der Waals surface area (Å²) in [4.78, 5) is 7.70. The monoisotopic (exact) mass is 343 g/mol. The first-order valence-electron chi connectivity index (χ1n) is 5.98. The average Bonchev–Trinajstić information content (AvgIpc) is 2.40. The molecule has 0 aliphatic carbocycles. The van der Waals surface area contributed by atoms with Crippen LogP contribution in [-0.4, -0.2) is 16.5 Å². The highest BCUT2D eigenvalue weighted by Crippen LogP contribution is 2.26. The Bertz CT molecular complexity index is 610. The van der Waals surface area contributed by atoms with Crippen LogP contribution in [0.4, 0.5) is 14.6 Å². The van der Waals surface area contributed by atoms with Crippen LogP contribution in [0.5, 0.6) is 11.6 Å². The van der Waals surface area contributed by atoms with Crippen molar-refractivity contribution in [2.75, 3.05) is 11.9 Å². The minimum atomic E-state index is -0.871. The molecule has 0 unspecified atom stereocenters. The highest BCUT2D eigenvalue weighted by Gasteiger charge is 2.13. The molecule has 0 saturated heterocycles. The maximum absolute atomic E-state index is 13.7. The summed E-state index contributed by atoms with van der Waals surface area (Å²) in [7, 11) is 0. The zero-order valence-corrected chi connectivity index (χ0v) is 12.2. The van der Waals surface area contributed by atoms with E-state index in [1.165, 1.54) is 6.20 Å². The lowest BCUT2D eigenvalue weighted by atomic mass is 10.4. The summed E-state index contributed by atoms with van der Waals surface area (Å²) in [6.07, 6.45) is 3.77. The molecule has 1 N–H and O–H groups in total. The van der Waals surface area contributed by atoms with Gasteiger partial charge in [0, 0.05) is 23.3 Å². The largest absolute Gasteiger partial charge is 0.435 e. The zero-order chi connectivity index (χ0) is 14.5. The van der Waals surface area contributed by atoms with Gasteiger partial charge < -0.3 is 10.1 Å². The summed E-state index contributed by atoms with van der Waals surface area (Å²) in [5.41, 5.74) is 0. The number of aromatic nitrogens is 2. The maximum Gasteiger partial charge on any atom is 0.258 e. The first-order chi connectivity index (χ1) is 9.60. The van der Waals surface area contributed by atoms with Gasteiger partial charge in [-0.25, -0.2) is 8.78 Å².